The molecule has 1 N–H and O–H groups in total. The predicted octanol–water partition coefficient (Wildman–Crippen LogP) is 3.60. The van der Waals surface area contributed by atoms with Gasteiger partial charge in [0.1, 0.15) is 11.6 Å². The lowest BCUT2D eigenvalue weighted by Gasteiger charge is -2.10. The first-order chi connectivity index (χ1) is 8.69. The number of rotatable bonds is 4. The van der Waals surface area contributed by atoms with Gasteiger partial charge in [-0.2, -0.15) is 0 Å². The van der Waals surface area contributed by atoms with Gasteiger partial charge in [0.15, 0.2) is 0 Å². The van der Waals surface area contributed by atoms with Crippen molar-refractivity contribution in [2.45, 2.75) is 6.54 Å². The molecule has 1 heterocycles. The van der Waals surface area contributed by atoms with Crippen molar-refractivity contribution in [1.29, 1.82) is 0 Å². The van der Waals surface area contributed by atoms with Crippen LogP contribution in [0.15, 0.2) is 41.0 Å². The van der Waals surface area contributed by atoms with Crippen LogP contribution in [-0.2, 0) is 6.54 Å². The summed E-state index contributed by atoms with van der Waals surface area (Å²) >= 11 is 3.33. The maximum atomic E-state index is 13.0. The maximum Gasteiger partial charge on any atom is 0.144 e. The van der Waals surface area contributed by atoms with Crippen molar-refractivity contribution in [3.05, 3.63) is 52.5 Å². The van der Waals surface area contributed by atoms with Gasteiger partial charge in [-0.25, -0.2) is 4.39 Å². The van der Waals surface area contributed by atoms with Crippen LogP contribution in [0.4, 0.5) is 10.1 Å². The Morgan fingerprint density at radius 1 is 1.33 bits per heavy atom. The summed E-state index contributed by atoms with van der Waals surface area (Å²) in [6, 6.07) is 8.21. The highest BCUT2D eigenvalue weighted by Gasteiger charge is 2.04. The van der Waals surface area contributed by atoms with E-state index in [1.165, 1.54) is 19.2 Å². The van der Waals surface area contributed by atoms with Crippen molar-refractivity contribution in [3.8, 4) is 5.75 Å². The Hall–Kier alpha value is -1.62. The van der Waals surface area contributed by atoms with Gasteiger partial charge in [0.2, 0.25) is 0 Å². The van der Waals surface area contributed by atoms with E-state index in [1.54, 1.807) is 12.3 Å². The molecule has 94 valence electrons. The molecule has 0 bridgehead atoms. The van der Waals surface area contributed by atoms with Crippen LogP contribution in [0.1, 0.15) is 5.69 Å². The molecule has 0 atom stereocenters. The number of aromatic nitrogens is 1. The van der Waals surface area contributed by atoms with Crippen LogP contribution in [0.3, 0.4) is 0 Å². The number of anilines is 1. The summed E-state index contributed by atoms with van der Waals surface area (Å²) in [5.74, 6) is 0.159. The molecule has 18 heavy (non-hydrogen) atoms. The lowest BCUT2D eigenvalue weighted by Crippen LogP contribution is -2.03. The van der Waals surface area contributed by atoms with Crippen molar-refractivity contribution in [2.24, 2.45) is 0 Å². The minimum Gasteiger partial charge on any atom is -0.494 e. The van der Waals surface area contributed by atoms with Gasteiger partial charge in [0.05, 0.1) is 25.0 Å². The second kappa shape index (κ2) is 5.82. The van der Waals surface area contributed by atoms with Crippen molar-refractivity contribution in [3.63, 3.8) is 0 Å². The normalized spacial score (nSPS) is 10.2. The molecule has 0 unspecified atom stereocenters. The predicted molar refractivity (Wildman–Crippen MR) is 72.2 cm³/mol. The van der Waals surface area contributed by atoms with E-state index in [9.17, 15) is 4.39 Å². The number of nitrogens with zero attached hydrogens (tertiary/aromatic N) is 1. The summed E-state index contributed by atoms with van der Waals surface area (Å²) in [6.45, 7) is 0.551. The van der Waals surface area contributed by atoms with E-state index in [0.29, 0.717) is 12.3 Å². The summed E-state index contributed by atoms with van der Waals surface area (Å²) in [7, 11) is 1.51. The SMILES string of the molecule is COc1cc(F)ccc1NCc1ccc(Br)cn1. The van der Waals surface area contributed by atoms with E-state index < -0.39 is 0 Å². The lowest BCUT2D eigenvalue weighted by atomic mass is 10.2. The van der Waals surface area contributed by atoms with E-state index >= 15 is 0 Å². The van der Waals surface area contributed by atoms with Crippen molar-refractivity contribution < 1.29 is 9.13 Å². The fourth-order valence-corrected chi connectivity index (χ4v) is 1.74. The number of hydrogen-bond acceptors (Lipinski definition) is 3. The zero-order valence-electron chi connectivity index (χ0n) is 9.78. The molecule has 0 radical (unpaired) electrons. The Morgan fingerprint density at radius 2 is 2.17 bits per heavy atom. The zero-order valence-corrected chi connectivity index (χ0v) is 11.4. The Kier molecular flexibility index (Phi) is 4.15. The third-order valence-electron chi connectivity index (χ3n) is 2.41. The van der Waals surface area contributed by atoms with Crippen LogP contribution in [0.2, 0.25) is 0 Å². The van der Waals surface area contributed by atoms with E-state index in [0.717, 1.165) is 15.9 Å². The smallest absolute Gasteiger partial charge is 0.144 e. The van der Waals surface area contributed by atoms with Crippen LogP contribution >= 0.6 is 15.9 Å². The first kappa shape index (κ1) is 12.8. The van der Waals surface area contributed by atoms with E-state index in [1.807, 2.05) is 12.1 Å². The van der Waals surface area contributed by atoms with Gasteiger partial charge in [-0.3, -0.25) is 4.98 Å². The Balaban J connectivity index is 2.08. The zero-order chi connectivity index (χ0) is 13.0. The van der Waals surface area contributed by atoms with Crippen LogP contribution in [0.5, 0.6) is 5.75 Å². The molecule has 1 aromatic carbocycles. The number of halogens is 2. The summed E-state index contributed by atoms with van der Waals surface area (Å²) in [6.07, 6.45) is 1.74. The highest BCUT2D eigenvalue weighted by molar-refractivity contribution is 9.10. The molecule has 0 aliphatic rings. The quantitative estimate of drug-likeness (QED) is 0.937. The molecule has 0 amide bonds. The minimum absolute atomic E-state index is 0.320. The van der Waals surface area contributed by atoms with E-state index in [-0.39, 0.29) is 5.82 Å². The van der Waals surface area contributed by atoms with Crippen molar-refractivity contribution in [2.75, 3.05) is 12.4 Å². The summed E-state index contributed by atoms with van der Waals surface area (Å²) in [5, 5.41) is 3.16. The molecule has 0 spiro atoms. The molecule has 3 nitrogen and oxygen atoms in total. The largest absolute Gasteiger partial charge is 0.494 e. The third kappa shape index (κ3) is 3.20. The minimum atomic E-state index is -0.320. The Labute approximate surface area is 113 Å². The molecule has 5 heteroatoms. The average Bonchev–Trinajstić information content (AvgIpc) is 2.39. The molecular weight excluding hydrogens is 299 g/mol. The van der Waals surface area contributed by atoms with Crippen LogP contribution in [0, 0.1) is 5.82 Å². The molecule has 1 aromatic heterocycles. The lowest BCUT2D eigenvalue weighted by molar-refractivity contribution is 0.413. The topological polar surface area (TPSA) is 34.1 Å². The van der Waals surface area contributed by atoms with E-state index in [2.05, 4.69) is 26.2 Å². The third-order valence-corrected chi connectivity index (χ3v) is 2.88. The number of methoxy groups -OCH3 is 1. The first-order valence-electron chi connectivity index (χ1n) is 5.37. The number of ether oxygens (including phenoxy) is 1. The first-order valence-corrected chi connectivity index (χ1v) is 6.16. The number of nitrogens with one attached hydrogen (secondary N) is 1. The van der Waals surface area contributed by atoms with Gasteiger partial charge in [-0.05, 0) is 40.2 Å². The van der Waals surface area contributed by atoms with Crippen molar-refractivity contribution in [1.82, 2.24) is 4.98 Å². The number of hydrogen-bond donors (Lipinski definition) is 1. The fraction of sp³-hybridized carbons (Fsp3) is 0.154. The summed E-state index contributed by atoms with van der Waals surface area (Å²) in [4.78, 5) is 4.24. The molecule has 0 fully saturated rings. The number of benzene rings is 1. The van der Waals surface area contributed by atoms with Gasteiger partial charge in [0.25, 0.3) is 0 Å². The van der Waals surface area contributed by atoms with Gasteiger partial charge in [-0.15, -0.1) is 0 Å². The summed E-state index contributed by atoms with van der Waals surface area (Å²) in [5.41, 5.74) is 1.63. The average molecular weight is 311 g/mol. The highest BCUT2D eigenvalue weighted by atomic mass is 79.9. The Bertz CT molecular complexity index is 531. The maximum absolute atomic E-state index is 13.0. The molecule has 0 saturated carbocycles. The van der Waals surface area contributed by atoms with Gasteiger partial charge >= 0.3 is 0 Å². The highest BCUT2D eigenvalue weighted by Crippen LogP contribution is 2.25. The Morgan fingerprint density at radius 3 is 2.83 bits per heavy atom. The molecule has 0 aliphatic heterocycles. The van der Waals surface area contributed by atoms with Crippen LogP contribution in [0.25, 0.3) is 0 Å². The molecular formula is C13H12BrFN2O. The van der Waals surface area contributed by atoms with E-state index in [4.69, 9.17) is 4.74 Å². The van der Waals surface area contributed by atoms with Gasteiger partial charge < -0.3 is 10.1 Å². The molecule has 0 aliphatic carbocycles. The standard InChI is InChI=1S/C13H12BrFN2O/c1-18-13-6-10(15)3-5-12(13)17-8-11-4-2-9(14)7-16-11/h2-7,17H,8H2,1H3. The molecule has 2 rings (SSSR count). The second-order valence-electron chi connectivity index (χ2n) is 3.67. The molecule has 0 saturated heterocycles. The fourth-order valence-electron chi connectivity index (χ4n) is 1.51. The van der Waals surface area contributed by atoms with Crippen LogP contribution in [-0.4, -0.2) is 12.1 Å². The molecule has 2 aromatic rings. The monoisotopic (exact) mass is 310 g/mol. The summed E-state index contributed by atoms with van der Waals surface area (Å²) < 4.78 is 19.1. The van der Waals surface area contributed by atoms with Gasteiger partial charge in [-0.1, -0.05) is 0 Å². The van der Waals surface area contributed by atoms with Crippen molar-refractivity contribution >= 4 is 21.6 Å². The van der Waals surface area contributed by atoms with Gasteiger partial charge in [0, 0.05) is 16.7 Å². The van der Waals surface area contributed by atoms with Crippen LogP contribution < -0.4 is 10.1 Å². The number of pyridine rings is 1. The second-order valence-corrected chi connectivity index (χ2v) is 4.58.